The molecule has 0 radical (unpaired) electrons. The minimum Gasteiger partial charge on any atom is -0.495 e. The lowest BCUT2D eigenvalue weighted by Crippen LogP contribution is -2.23. The molecule has 28 heavy (non-hydrogen) atoms. The Morgan fingerprint density at radius 1 is 1.11 bits per heavy atom. The van der Waals surface area contributed by atoms with Gasteiger partial charge in [0, 0.05) is 14.1 Å². The largest absolute Gasteiger partial charge is 0.495 e. The van der Waals surface area contributed by atoms with E-state index >= 15 is 0 Å². The molecule has 0 unspecified atom stereocenters. The first-order valence-electron chi connectivity index (χ1n) is 8.20. The third kappa shape index (κ3) is 5.00. The molecule has 0 heterocycles. The molecule has 8 nitrogen and oxygen atoms in total. The van der Waals surface area contributed by atoms with Crippen molar-refractivity contribution in [3.05, 3.63) is 53.6 Å². The van der Waals surface area contributed by atoms with E-state index in [1.54, 1.807) is 24.3 Å². The number of carbonyl (C=O) groups excluding carboxylic acids is 1. The Morgan fingerprint density at radius 3 is 2.36 bits per heavy atom. The van der Waals surface area contributed by atoms with Crippen LogP contribution in [-0.4, -0.2) is 53.1 Å². The SMILES string of the molecule is COc1ccc(C(=O)OCCOc2ccc(C#N)cc2)cc1S(=O)(=O)N(C)C. The number of hydrogen-bond donors (Lipinski definition) is 0. The zero-order valence-electron chi connectivity index (χ0n) is 15.7. The van der Waals surface area contributed by atoms with E-state index in [1.807, 2.05) is 6.07 Å². The summed E-state index contributed by atoms with van der Waals surface area (Å²) in [6, 6.07) is 12.6. The fourth-order valence-corrected chi connectivity index (χ4v) is 3.28. The van der Waals surface area contributed by atoms with Gasteiger partial charge in [0.05, 0.1) is 24.3 Å². The Kier molecular flexibility index (Phi) is 6.98. The van der Waals surface area contributed by atoms with Crippen molar-refractivity contribution < 1.29 is 27.4 Å². The van der Waals surface area contributed by atoms with Crippen LogP contribution in [0.1, 0.15) is 15.9 Å². The highest BCUT2D eigenvalue weighted by atomic mass is 32.2. The van der Waals surface area contributed by atoms with Gasteiger partial charge in [-0.2, -0.15) is 5.26 Å². The van der Waals surface area contributed by atoms with Crippen molar-refractivity contribution in [3.8, 4) is 17.6 Å². The maximum absolute atomic E-state index is 12.4. The van der Waals surface area contributed by atoms with E-state index in [1.165, 1.54) is 39.4 Å². The van der Waals surface area contributed by atoms with Gasteiger partial charge in [-0.25, -0.2) is 17.5 Å². The number of carbonyl (C=O) groups is 1. The summed E-state index contributed by atoms with van der Waals surface area (Å²) in [7, 11) is 0.338. The molecule has 0 atom stereocenters. The summed E-state index contributed by atoms with van der Waals surface area (Å²) in [5, 5.41) is 8.75. The Balaban J connectivity index is 2.01. The molecule has 0 saturated heterocycles. The summed E-state index contributed by atoms with van der Waals surface area (Å²) >= 11 is 0. The quantitative estimate of drug-likeness (QED) is 0.490. The summed E-state index contributed by atoms with van der Waals surface area (Å²) in [6.45, 7) is 0.0806. The smallest absolute Gasteiger partial charge is 0.338 e. The van der Waals surface area contributed by atoms with Crippen LogP contribution >= 0.6 is 0 Å². The first kappa shape index (κ1) is 21.2. The fourth-order valence-electron chi connectivity index (χ4n) is 2.20. The summed E-state index contributed by atoms with van der Waals surface area (Å²) in [4.78, 5) is 12.1. The molecular weight excluding hydrogens is 384 g/mol. The monoisotopic (exact) mass is 404 g/mol. The molecule has 2 aromatic carbocycles. The predicted octanol–water partition coefficient (Wildman–Crippen LogP) is 2.05. The first-order chi connectivity index (χ1) is 13.3. The zero-order valence-corrected chi connectivity index (χ0v) is 16.5. The van der Waals surface area contributed by atoms with E-state index in [0.29, 0.717) is 11.3 Å². The van der Waals surface area contributed by atoms with Crippen molar-refractivity contribution in [2.45, 2.75) is 4.90 Å². The number of rotatable bonds is 8. The third-order valence-electron chi connectivity index (χ3n) is 3.73. The van der Waals surface area contributed by atoms with Crippen LogP contribution in [0.25, 0.3) is 0 Å². The first-order valence-corrected chi connectivity index (χ1v) is 9.64. The average Bonchev–Trinajstić information content (AvgIpc) is 2.70. The average molecular weight is 404 g/mol. The molecule has 0 amide bonds. The Hall–Kier alpha value is -3.09. The molecule has 2 aromatic rings. The second kappa shape index (κ2) is 9.21. The maximum atomic E-state index is 12.4. The van der Waals surface area contributed by atoms with Crippen LogP contribution in [0.15, 0.2) is 47.4 Å². The molecule has 148 valence electrons. The van der Waals surface area contributed by atoms with Crippen LogP contribution in [0.5, 0.6) is 11.5 Å². The van der Waals surface area contributed by atoms with Gasteiger partial charge in [-0.1, -0.05) is 0 Å². The van der Waals surface area contributed by atoms with Gasteiger partial charge < -0.3 is 14.2 Å². The molecule has 0 fully saturated rings. The van der Waals surface area contributed by atoms with Gasteiger partial charge in [-0.05, 0) is 42.5 Å². The summed E-state index contributed by atoms with van der Waals surface area (Å²) in [5.74, 6) is -0.00505. The van der Waals surface area contributed by atoms with Crippen molar-refractivity contribution in [2.24, 2.45) is 0 Å². The highest BCUT2D eigenvalue weighted by Gasteiger charge is 2.24. The van der Waals surface area contributed by atoms with Gasteiger partial charge in [-0.15, -0.1) is 0 Å². The van der Waals surface area contributed by atoms with E-state index in [9.17, 15) is 13.2 Å². The number of esters is 1. The van der Waals surface area contributed by atoms with Crippen LogP contribution in [-0.2, 0) is 14.8 Å². The van der Waals surface area contributed by atoms with E-state index in [-0.39, 0.29) is 29.4 Å². The van der Waals surface area contributed by atoms with E-state index in [4.69, 9.17) is 19.5 Å². The molecule has 9 heteroatoms. The molecule has 0 bridgehead atoms. The van der Waals surface area contributed by atoms with Gasteiger partial charge in [0.15, 0.2) is 0 Å². The predicted molar refractivity (Wildman–Crippen MR) is 101 cm³/mol. The van der Waals surface area contributed by atoms with E-state index in [2.05, 4.69) is 0 Å². The van der Waals surface area contributed by atoms with Gasteiger partial charge in [-0.3, -0.25) is 0 Å². The number of methoxy groups -OCH3 is 1. The molecule has 0 spiro atoms. The third-order valence-corrected chi connectivity index (χ3v) is 5.56. The Labute approximate surface area is 163 Å². The Morgan fingerprint density at radius 2 is 1.79 bits per heavy atom. The Bertz CT molecular complexity index is 978. The summed E-state index contributed by atoms with van der Waals surface area (Å²) in [6.07, 6.45) is 0. The highest BCUT2D eigenvalue weighted by molar-refractivity contribution is 7.89. The minimum atomic E-state index is -3.79. The minimum absolute atomic E-state index is 0.0272. The van der Waals surface area contributed by atoms with Crippen LogP contribution in [0.3, 0.4) is 0 Å². The summed E-state index contributed by atoms with van der Waals surface area (Å²) in [5.41, 5.74) is 0.598. The number of sulfonamides is 1. The topological polar surface area (TPSA) is 106 Å². The second-order valence-corrected chi connectivity index (χ2v) is 7.89. The lowest BCUT2D eigenvalue weighted by atomic mass is 10.2. The zero-order chi connectivity index (χ0) is 20.7. The van der Waals surface area contributed by atoms with Crippen LogP contribution in [0.4, 0.5) is 0 Å². The lowest BCUT2D eigenvalue weighted by molar-refractivity contribution is 0.0450. The normalized spacial score (nSPS) is 11.0. The van der Waals surface area contributed by atoms with Crippen molar-refractivity contribution >= 4 is 16.0 Å². The van der Waals surface area contributed by atoms with Gasteiger partial charge in [0.25, 0.3) is 0 Å². The fraction of sp³-hybridized carbons (Fsp3) is 0.263. The molecule has 0 N–H and O–H groups in total. The second-order valence-electron chi connectivity index (χ2n) is 5.77. The maximum Gasteiger partial charge on any atom is 0.338 e. The van der Waals surface area contributed by atoms with Crippen LogP contribution in [0.2, 0.25) is 0 Å². The highest BCUT2D eigenvalue weighted by Crippen LogP contribution is 2.27. The molecule has 0 aliphatic heterocycles. The van der Waals surface area contributed by atoms with Crippen LogP contribution in [0, 0.1) is 11.3 Å². The number of ether oxygens (including phenoxy) is 3. The van der Waals surface area contributed by atoms with E-state index < -0.39 is 16.0 Å². The van der Waals surface area contributed by atoms with Gasteiger partial charge in [0.2, 0.25) is 10.0 Å². The molecule has 0 saturated carbocycles. The standard InChI is InChI=1S/C19H20N2O6S/c1-21(2)28(23,24)18-12-15(6-9-17(18)25-3)19(22)27-11-10-26-16-7-4-14(13-20)5-8-16/h4-9,12H,10-11H2,1-3H3. The summed E-state index contributed by atoms with van der Waals surface area (Å²) < 4.78 is 41.5. The van der Waals surface area contributed by atoms with Gasteiger partial charge in [0.1, 0.15) is 29.6 Å². The number of hydrogen-bond acceptors (Lipinski definition) is 7. The van der Waals surface area contributed by atoms with Gasteiger partial charge >= 0.3 is 5.97 Å². The van der Waals surface area contributed by atoms with Crippen molar-refractivity contribution in [1.82, 2.24) is 4.31 Å². The van der Waals surface area contributed by atoms with Crippen molar-refractivity contribution in [3.63, 3.8) is 0 Å². The van der Waals surface area contributed by atoms with Crippen molar-refractivity contribution in [1.29, 1.82) is 5.26 Å². The van der Waals surface area contributed by atoms with E-state index in [0.717, 1.165) is 4.31 Å². The molecule has 2 rings (SSSR count). The molecule has 0 aliphatic rings. The molecular formula is C19H20N2O6S. The number of nitriles is 1. The number of nitrogens with zero attached hydrogens (tertiary/aromatic N) is 2. The van der Waals surface area contributed by atoms with Crippen LogP contribution < -0.4 is 9.47 Å². The molecule has 0 aliphatic carbocycles. The molecule has 0 aromatic heterocycles. The lowest BCUT2D eigenvalue weighted by Gasteiger charge is -2.15. The van der Waals surface area contributed by atoms with Crippen molar-refractivity contribution in [2.75, 3.05) is 34.4 Å². The number of benzene rings is 2.